The van der Waals surface area contributed by atoms with Gasteiger partial charge in [0.1, 0.15) is 10.7 Å². The van der Waals surface area contributed by atoms with E-state index in [0.29, 0.717) is 5.52 Å². The van der Waals surface area contributed by atoms with Crippen molar-refractivity contribution in [3.63, 3.8) is 0 Å². The minimum atomic E-state index is -3.86. The molecule has 0 unspecified atom stereocenters. The molecule has 0 bridgehead atoms. The van der Waals surface area contributed by atoms with Crippen LogP contribution in [-0.2, 0) is 10.0 Å². The minimum Gasteiger partial charge on any atom is -0.398 e. The van der Waals surface area contributed by atoms with Crippen LogP contribution in [0.25, 0.3) is 21.8 Å². The molecule has 0 aliphatic carbocycles. The number of rotatable bonds is 3. The Kier molecular flexibility index (Phi) is 4.18. The van der Waals surface area contributed by atoms with E-state index in [1.54, 1.807) is 24.4 Å². The van der Waals surface area contributed by atoms with E-state index in [-0.39, 0.29) is 10.6 Å². The second-order valence-corrected chi connectivity index (χ2v) is 8.89. The summed E-state index contributed by atoms with van der Waals surface area (Å²) in [5.74, 6) is 0.815. The molecule has 2 aromatic heterocycles. The topological polar surface area (TPSA) is 93.2 Å². The average molecular weight is 407 g/mol. The summed E-state index contributed by atoms with van der Waals surface area (Å²) in [6, 6.07) is 16.0. The SMILES string of the molecule is Nc1ccccc1S(=O)(=O)n1ccc2c(N3CCNCC3)nc3ccccc3c21. The molecule has 2 aromatic carbocycles. The van der Waals surface area contributed by atoms with Crippen LogP contribution in [-0.4, -0.2) is 43.6 Å². The van der Waals surface area contributed by atoms with Crippen molar-refractivity contribution in [2.45, 2.75) is 4.90 Å². The highest BCUT2D eigenvalue weighted by molar-refractivity contribution is 7.90. The number of aromatic nitrogens is 2. The molecule has 3 heterocycles. The predicted octanol–water partition coefficient (Wildman–Crippen LogP) is 2.42. The molecule has 0 spiro atoms. The Balaban J connectivity index is 1.82. The summed E-state index contributed by atoms with van der Waals surface area (Å²) in [5.41, 5.74) is 7.63. The number of nitrogen functional groups attached to an aromatic ring is 1. The first-order chi connectivity index (χ1) is 14.1. The summed E-state index contributed by atoms with van der Waals surface area (Å²) in [5, 5.41) is 4.96. The molecule has 1 aliphatic heterocycles. The molecule has 5 rings (SSSR count). The lowest BCUT2D eigenvalue weighted by Gasteiger charge is -2.29. The Morgan fingerprint density at radius 3 is 2.45 bits per heavy atom. The van der Waals surface area contributed by atoms with E-state index in [1.165, 1.54) is 10.0 Å². The van der Waals surface area contributed by atoms with Crippen LogP contribution in [0, 0.1) is 0 Å². The van der Waals surface area contributed by atoms with Crippen molar-refractivity contribution in [2.75, 3.05) is 36.8 Å². The Bertz CT molecular complexity index is 1320. The average Bonchev–Trinajstić information content (AvgIpc) is 3.20. The van der Waals surface area contributed by atoms with Crippen LogP contribution in [0.5, 0.6) is 0 Å². The summed E-state index contributed by atoms with van der Waals surface area (Å²) in [7, 11) is -3.86. The maximum absolute atomic E-state index is 13.5. The number of piperazine rings is 1. The minimum absolute atomic E-state index is 0.0992. The zero-order chi connectivity index (χ0) is 20.0. The van der Waals surface area contributed by atoms with Gasteiger partial charge in [-0.05, 0) is 24.3 Å². The van der Waals surface area contributed by atoms with E-state index >= 15 is 0 Å². The first-order valence-electron chi connectivity index (χ1n) is 9.53. The second kappa shape index (κ2) is 6.75. The molecule has 0 radical (unpaired) electrons. The lowest BCUT2D eigenvalue weighted by molar-refractivity contribution is 0.586. The number of pyridine rings is 1. The van der Waals surface area contributed by atoms with Gasteiger partial charge in [-0.3, -0.25) is 0 Å². The predicted molar refractivity (Wildman–Crippen MR) is 116 cm³/mol. The van der Waals surface area contributed by atoms with Crippen molar-refractivity contribution >= 4 is 43.3 Å². The van der Waals surface area contributed by atoms with E-state index in [1.807, 2.05) is 30.3 Å². The molecule has 0 atom stereocenters. The third-order valence-electron chi connectivity index (χ3n) is 5.35. The van der Waals surface area contributed by atoms with Gasteiger partial charge in [0.25, 0.3) is 10.0 Å². The number of hydrogen-bond donors (Lipinski definition) is 2. The number of fused-ring (bicyclic) bond motifs is 3. The number of nitrogens with one attached hydrogen (secondary N) is 1. The molecule has 4 aromatic rings. The van der Waals surface area contributed by atoms with Gasteiger partial charge in [0, 0.05) is 43.1 Å². The maximum Gasteiger partial charge on any atom is 0.270 e. The second-order valence-electron chi connectivity index (χ2n) is 7.11. The molecular weight excluding hydrogens is 386 g/mol. The first-order valence-corrected chi connectivity index (χ1v) is 11.0. The van der Waals surface area contributed by atoms with Crippen molar-refractivity contribution < 1.29 is 8.42 Å². The Labute approximate surface area is 168 Å². The smallest absolute Gasteiger partial charge is 0.270 e. The van der Waals surface area contributed by atoms with Crippen molar-refractivity contribution in [3.8, 4) is 0 Å². The van der Waals surface area contributed by atoms with Crippen molar-refractivity contribution in [1.82, 2.24) is 14.3 Å². The van der Waals surface area contributed by atoms with Crippen LogP contribution in [0.2, 0.25) is 0 Å². The van der Waals surface area contributed by atoms with Crippen LogP contribution in [0.3, 0.4) is 0 Å². The zero-order valence-corrected chi connectivity index (χ0v) is 16.6. The number of para-hydroxylation sites is 2. The molecule has 0 saturated carbocycles. The number of hydrogen-bond acceptors (Lipinski definition) is 6. The van der Waals surface area contributed by atoms with Gasteiger partial charge in [-0.25, -0.2) is 17.4 Å². The Hall–Kier alpha value is -3.10. The van der Waals surface area contributed by atoms with Crippen molar-refractivity contribution in [1.29, 1.82) is 0 Å². The first kappa shape index (κ1) is 18.0. The monoisotopic (exact) mass is 407 g/mol. The van der Waals surface area contributed by atoms with E-state index < -0.39 is 10.0 Å². The largest absolute Gasteiger partial charge is 0.398 e. The quantitative estimate of drug-likeness (QED) is 0.507. The van der Waals surface area contributed by atoms with Gasteiger partial charge in [-0.15, -0.1) is 0 Å². The molecule has 7 nitrogen and oxygen atoms in total. The van der Waals surface area contributed by atoms with E-state index in [0.717, 1.165) is 48.3 Å². The van der Waals surface area contributed by atoms with Crippen molar-refractivity contribution in [3.05, 3.63) is 60.8 Å². The number of nitrogens with two attached hydrogens (primary N) is 1. The summed E-state index contributed by atoms with van der Waals surface area (Å²) in [6.45, 7) is 3.39. The molecule has 148 valence electrons. The van der Waals surface area contributed by atoms with Gasteiger partial charge in [0.15, 0.2) is 0 Å². The van der Waals surface area contributed by atoms with Crippen LogP contribution in [0.15, 0.2) is 65.7 Å². The fourth-order valence-corrected chi connectivity index (χ4v) is 5.43. The normalized spacial score (nSPS) is 15.2. The third kappa shape index (κ3) is 2.83. The summed E-state index contributed by atoms with van der Waals surface area (Å²) in [6.07, 6.45) is 1.60. The van der Waals surface area contributed by atoms with Gasteiger partial charge in [-0.2, -0.15) is 0 Å². The highest BCUT2D eigenvalue weighted by atomic mass is 32.2. The number of anilines is 2. The summed E-state index contributed by atoms with van der Waals surface area (Å²) < 4.78 is 28.3. The fraction of sp³-hybridized carbons (Fsp3) is 0.190. The number of benzene rings is 2. The van der Waals surface area contributed by atoms with E-state index in [2.05, 4.69) is 10.2 Å². The summed E-state index contributed by atoms with van der Waals surface area (Å²) >= 11 is 0. The molecule has 1 fully saturated rings. The molecule has 1 saturated heterocycles. The Morgan fingerprint density at radius 2 is 1.66 bits per heavy atom. The van der Waals surface area contributed by atoms with E-state index in [4.69, 9.17) is 10.7 Å². The van der Waals surface area contributed by atoms with Crippen LogP contribution in [0.1, 0.15) is 0 Å². The zero-order valence-electron chi connectivity index (χ0n) is 15.7. The molecule has 0 amide bonds. The molecule has 8 heteroatoms. The standard InChI is InChI=1S/C21H21N5O2S/c22-17-6-2-4-8-19(17)29(27,28)26-12-9-16-20(26)15-5-1-3-7-18(15)24-21(16)25-13-10-23-11-14-25/h1-9,12,23H,10-11,13-14,22H2. The lowest BCUT2D eigenvalue weighted by atomic mass is 10.1. The van der Waals surface area contributed by atoms with Gasteiger partial charge >= 0.3 is 0 Å². The van der Waals surface area contributed by atoms with Crippen LogP contribution < -0.4 is 16.0 Å². The Morgan fingerprint density at radius 1 is 0.931 bits per heavy atom. The van der Waals surface area contributed by atoms with Gasteiger partial charge < -0.3 is 16.0 Å². The molecule has 1 aliphatic rings. The highest BCUT2D eigenvalue weighted by Crippen LogP contribution is 2.35. The van der Waals surface area contributed by atoms with Gasteiger partial charge in [-0.1, -0.05) is 30.3 Å². The van der Waals surface area contributed by atoms with Gasteiger partial charge in [0.05, 0.1) is 16.7 Å². The molecule has 3 N–H and O–H groups in total. The maximum atomic E-state index is 13.5. The fourth-order valence-electron chi connectivity index (χ4n) is 3.94. The summed E-state index contributed by atoms with van der Waals surface area (Å²) in [4.78, 5) is 7.18. The van der Waals surface area contributed by atoms with Crippen molar-refractivity contribution in [2.24, 2.45) is 0 Å². The third-order valence-corrected chi connectivity index (χ3v) is 7.10. The van der Waals surface area contributed by atoms with E-state index in [9.17, 15) is 8.42 Å². The van der Waals surface area contributed by atoms with Crippen LogP contribution in [0.4, 0.5) is 11.5 Å². The molecular formula is C21H21N5O2S. The van der Waals surface area contributed by atoms with Gasteiger partial charge in [0.2, 0.25) is 0 Å². The highest BCUT2D eigenvalue weighted by Gasteiger charge is 2.25. The van der Waals surface area contributed by atoms with Crippen LogP contribution >= 0.6 is 0 Å². The number of nitrogens with zero attached hydrogens (tertiary/aromatic N) is 3. The molecule has 29 heavy (non-hydrogen) atoms. The lowest BCUT2D eigenvalue weighted by Crippen LogP contribution is -2.44.